The molecule has 1 aromatic carbocycles. The molecule has 0 fully saturated rings. The van der Waals surface area contributed by atoms with Gasteiger partial charge in [-0.1, -0.05) is 28.9 Å². The smallest absolute Gasteiger partial charge is 0.150 e. The molecule has 17 heavy (non-hydrogen) atoms. The molecule has 0 spiro atoms. The van der Waals surface area contributed by atoms with E-state index in [2.05, 4.69) is 17.8 Å². The van der Waals surface area contributed by atoms with E-state index in [0.717, 1.165) is 5.56 Å². The van der Waals surface area contributed by atoms with Crippen LogP contribution in [0, 0.1) is 0 Å². The van der Waals surface area contributed by atoms with Crippen molar-refractivity contribution in [3.8, 4) is 11.3 Å². The van der Waals surface area contributed by atoms with Crippen molar-refractivity contribution in [2.24, 2.45) is 0 Å². The summed E-state index contributed by atoms with van der Waals surface area (Å²) in [5.41, 5.74) is 1.60. The average Bonchev–Trinajstić information content (AvgIpc) is 2.78. The molecule has 0 aliphatic rings. The maximum atomic E-state index is 11.2. The monoisotopic (exact) mass is 267 g/mol. The molecule has 0 bridgehead atoms. The Morgan fingerprint density at radius 3 is 2.71 bits per heavy atom. The molecule has 88 valence electrons. The van der Waals surface area contributed by atoms with E-state index in [0.29, 0.717) is 16.5 Å². The van der Waals surface area contributed by atoms with Gasteiger partial charge in [-0.05, 0) is 12.1 Å². The standard InChI is InChI=1S/C12H10ClNO2S/c13-9-3-1-8(2-4-9)12-6-11(16-14-12)5-10(15)7-17/h1-4,6,17H,5,7H2. The van der Waals surface area contributed by atoms with Gasteiger partial charge >= 0.3 is 0 Å². The van der Waals surface area contributed by atoms with Crippen LogP contribution in [0.25, 0.3) is 11.3 Å². The van der Waals surface area contributed by atoms with E-state index in [1.165, 1.54) is 0 Å². The lowest BCUT2D eigenvalue weighted by Crippen LogP contribution is -2.02. The minimum Gasteiger partial charge on any atom is -0.360 e. The number of carbonyl (C=O) groups excluding carboxylic acids is 1. The largest absolute Gasteiger partial charge is 0.360 e. The lowest BCUT2D eigenvalue weighted by atomic mass is 10.1. The summed E-state index contributed by atoms with van der Waals surface area (Å²) in [5.74, 6) is 0.762. The fourth-order valence-electron chi connectivity index (χ4n) is 1.40. The predicted molar refractivity (Wildman–Crippen MR) is 69.5 cm³/mol. The topological polar surface area (TPSA) is 43.1 Å². The van der Waals surface area contributed by atoms with Crippen molar-refractivity contribution in [2.45, 2.75) is 6.42 Å². The third-order valence-corrected chi connectivity index (χ3v) is 2.85. The van der Waals surface area contributed by atoms with Gasteiger partial charge in [-0.25, -0.2) is 0 Å². The zero-order valence-corrected chi connectivity index (χ0v) is 10.5. The number of ketones is 1. The highest BCUT2D eigenvalue weighted by Crippen LogP contribution is 2.21. The van der Waals surface area contributed by atoms with E-state index in [1.54, 1.807) is 18.2 Å². The Bertz CT molecular complexity index is 522. The summed E-state index contributed by atoms with van der Waals surface area (Å²) in [6.45, 7) is 0. The lowest BCUT2D eigenvalue weighted by molar-refractivity contribution is -0.116. The highest BCUT2D eigenvalue weighted by molar-refractivity contribution is 7.81. The van der Waals surface area contributed by atoms with Crippen molar-refractivity contribution in [2.75, 3.05) is 5.75 Å². The fourth-order valence-corrected chi connectivity index (χ4v) is 1.64. The van der Waals surface area contributed by atoms with Gasteiger partial charge in [0.1, 0.15) is 17.2 Å². The minimum absolute atomic E-state index is 0.00661. The number of hydrogen-bond acceptors (Lipinski definition) is 4. The fraction of sp³-hybridized carbons (Fsp3) is 0.167. The molecule has 0 radical (unpaired) electrons. The lowest BCUT2D eigenvalue weighted by Gasteiger charge is -1.94. The SMILES string of the molecule is O=C(CS)Cc1cc(-c2ccc(Cl)cc2)no1. The Morgan fingerprint density at radius 2 is 2.06 bits per heavy atom. The summed E-state index contributed by atoms with van der Waals surface area (Å²) in [7, 11) is 0. The molecule has 0 amide bonds. The summed E-state index contributed by atoms with van der Waals surface area (Å²) >= 11 is 9.70. The first-order valence-corrected chi connectivity index (χ1v) is 6.04. The molecular weight excluding hydrogens is 258 g/mol. The van der Waals surface area contributed by atoms with E-state index in [-0.39, 0.29) is 18.0 Å². The number of hydrogen-bond donors (Lipinski definition) is 1. The zero-order chi connectivity index (χ0) is 12.3. The second-order valence-corrected chi connectivity index (χ2v) is 4.31. The number of aromatic nitrogens is 1. The first-order chi connectivity index (χ1) is 8.19. The molecule has 2 aromatic rings. The Kier molecular flexibility index (Phi) is 3.86. The van der Waals surface area contributed by atoms with Crippen LogP contribution in [0.4, 0.5) is 0 Å². The van der Waals surface area contributed by atoms with Crippen molar-refractivity contribution < 1.29 is 9.32 Å². The second kappa shape index (κ2) is 5.38. The quantitative estimate of drug-likeness (QED) is 0.866. The highest BCUT2D eigenvalue weighted by atomic mass is 35.5. The van der Waals surface area contributed by atoms with Crippen molar-refractivity contribution in [3.05, 3.63) is 41.1 Å². The molecule has 0 saturated heterocycles. The molecule has 1 heterocycles. The van der Waals surface area contributed by atoms with Crippen molar-refractivity contribution in [3.63, 3.8) is 0 Å². The number of benzene rings is 1. The van der Waals surface area contributed by atoms with Crippen LogP contribution < -0.4 is 0 Å². The highest BCUT2D eigenvalue weighted by Gasteiger charge is 2.09. The summed E-state index contributed by atoms with van der Waals surface area (Å²) in [6.07, 6.45) is 0.226. The van der Waals surface area contributed by atoms with Gasteiger partial charge in [0.15, 0.2) is 0 Å². The summed E-state index contributed by atoms with van der Waals surface area (Å²) in [4.78, 5) is 11.2. The molecule has 5 heteroatoms. The molecule has 1 aromatic heterocycles. The molecule has 0 N–H and O–H groups in total. The normalized spacial score (nSPS) is 10.5. The Labute approximate surface area is 109 Å². The van der Waals surface area contributed by atoms with Crippen LogP contribution in [0.15, 0.2) is 34.9 Å². The van der Waals surface area contributed by atoms with Crippen molar-refractivity contribution >= 4 is 30.0 Å². The first-order valence-electron chi connectivity index (χ1n) is 5.03. The first kappa shape index (κ1) is 12.2. The molecular formula is C12H10ClNO2S. The molecule has 2 rings (SSSR count). The van der Waals surface area contributed by atoms with E-state index < -0.39 is 0 Å². The second-order valence-electron chi connectivity index (χ2n) is 3.56. The van der Waals surface area contributed by atoms with E-state index >= 15 is 0 Å². The van der Waals surface area contributed by atoms with Crippen LogP contribution in [0.1, 0.15) is 5.76 Å². The van der Waals surface area contributed by atoms with Crippen LogP contribution in [0.5, 0.6) is 0 Å². The minimum atomic E-state index is 0.00661. The maximum Gasteiger partial charge on any atom is 0.150 e. The van der Waals surface area contributed by atoms with Crippen molar-refractivity contribution in [1.82, 2.24) is 5.16 Å². The van der Waals surface area contributed by atoms with Gasteiger partial charge in [-0.15, -0.1) is 0 Å². The van der Waals surface area contributed by atoms with Crippen molar-refractivity contribution in [1.29, 1.82) is 0 Å². The Hall–Kier alpha value is -1.26. The van der Waals surface area contributed by atoms with Crippen LogP contribution in [0.2, 0.25) is 5.02 Å². The van der Waals surface area contributed by atoms with Gasteiger partial charge in [0.25, 0.3) is 0 Å². The molecule has 0 aliphatic carbocycles. The average molecular weight is 268 g/mol. The van der Waals surface area contributed by atoms with E-state index in [4.69, 9.17) is 16.1 Å². The third-order valence-electron chi connectivity index (χ3n) is 2.25. The third kappa shape index (κ3) is 3.11. The summed E-state index contributed by atoms with van der Waals surface area (Å²) < 4.78 is 5.08. The van der Waals surface area contributed by atoms with Gasteiger partial charge in [0.05, 0.1) is 6.42 Å². The number of carbonyl (C=O) groups is 1. The number of halogens is 1. The van der Waals surface area contributed by atoms with Crippen LogP contribution in [-0.2, 0) is 11.2 Å². The van der Waals surface area contributed by atoms with Gasteiger partial charge < -0.3 is 4.52 Å². The molecule has 0 aliphatic heterocycles. The van der Waals surface area contributed by atoms with E-state index in [1.807, 2.05) is 12.1 Å². The molecule has 3 nitrogen and oxygen atoms in total. The number of Topliss-reactive ketones (excluding diaryl/α,β-unsaturated/α-hetero) is 1. The number of rotatable bonds is 4. The van der Waals surface area contributed by atoms with Gasteiger partial charge in [0.2, 0.25) is 0 Å². The van der Waals surface area contributed by atoms with Crippen LogP contribution in [0.3, 0.4) is 0 Å². The number of thiol groups is 1. The van der Waals surface area contributed by atoms with Gasteiger partial charge in [-0.2, -0.15) is 12.6 Å². The van der Waals surface area contributed by atoms with E-state index in [9.17, 15) is 4.79 Å². The maximum absolute atomic E-state index is 11.2. The molecule has 0 saturated carbocycles. The summed E-state index contributed by atoms with van der Waals surface area (Å²) in [6, 6.07) is 9.02. The number of nitrogens with zero attached hydrogens (tertiary/aromatic N) is 1. The van der Waals surface area contributed by atoms with Gasteiger partial charge in [-0.3, -0.25) is 4.79 Å². The van der Waals surface area contributed by atoms with Crippen LogP contribution >= 0.6 is 24.2 Å². The molecule has 0 unspecified atom stereocenters. The zero-order valence-electron chi connectivity index (χ0n) is 8.89. The Balaban J connectivity index is 2.18. The predicted octanol–water partition coefficient (Wildman–Crippen LogP) is 3.04. The van der Waals surface area contributed by atoms with Gasteiger partial charge in [0, 0.05) is 22.4 Å². The Morgan fingerprint density at radius 1 is 1.35 bits per heavy atom. The van der Waals surface area contributed by atoms with Crippen LogP contribution in [-0.4, -0.2) is 16.7 Å². The molecule has 0 atom stereocenters. The summed E-state index contributed by atoms with van der Waals surface area (Å²) in [5, 5.41) is 4.58.